The number of aryl methyl sites for hydroxylation is 1. The monoisotopic (exact) mass is 347 g/mol. The van der Waals surface area contributed by atoms with Gasteiger partial charge < -0.3 is 5.32 Å². The smallest absolute Gasteiger partial charge is 0.163 e. The minimum atomic E-state index is -0.319. The first-order chi connectivity index (χ1) is 11.0. The molecule has 0 unspecified atom stereocenters. The molecule has 0 aliphatic carbocycles. The van der Waals surface area contributed by atoms with E-state index in [1.165, 1.54) is 12.1 Å². The second-order valence-electron chi connectivity index (χ2n) is 4.96. The van der Waals surface area contributed by atoms with E-state index in [2.05, 4.69) is 15.3 Å². The number of halogens is 3. The molecule has 3 nitrogen and oxygen atoms in total. The zero-order chi connectivity index (χ0) is 16.4. The average molecular weight is 348 g/mol. The summed E-state index contributed by atoms with van der Waals surface area (Å²) in [5.41, 5.74) is 2.41. The highest BCUT2D eigenvalue weighted by molar-refractivity contribution is 6.33. The van der Waals surface area contributed by atoms with Crippen LogP contribution in [-0.2, 0) is 0 Å². The van der Waals surface area contributed by atoms with E-state index in [4.69, 9.17) is 23.2 Å². The molecule has 3 rings (SSSR count). The lowest BCUT2D eigenvalue weighted by atomic mass is 10.2. The number of anilines is 2. The molecule has 0 amide bonds. The molecule has 0 saturated heterocycles. The van der Waals surface area contributed by atoms with Gasteiger partial charge in [0.25, 0.3) is 0 Å². The molecule has 0 spiro atoms. The zero-order valence-corrected chi connectivity index (χ0v) is 13.7. The third-order valence-corrected chi connectivity index (χ3v) is 3.78. The van der Waals surface area contributed by atoms with Crippen LogP contribution < -0.4 is 5.32 Å². The third kappa shape index (κ3) is 3.60. The molecule has 0 aliphatic rings. The van der Waals surface area contributed by atoms with E-state index >= 15 is 0 Å². The van der Waals surface area contributed by atoms with Crippen LogP contribution in [0.3, 0.4) is 0 Å². The zero-order valence-electron chi connectivity index (χ0n) is 12.1. The van der Waals surface area contributed by atoms with Crippen molar-refractivity contribution in [1.82, 2.24) is 9.97 Å². The van der Waals surface area contributed by atoms with Gasteiger partial charge in [-0.05, 0) is 42.8 Å². The largest absolute Gasteiger partial charge is 0.339 e. The minimum Gasteiger partial charge on any atom is -0.339 e. The summed E-state index contributed by atoms with van der Waals surface area (Å²) in [6.07, 6.45) is 0. The second-order valence-corrected chi connectivity index (χ2v) is 5.76. The van der Waals surface area contributed by atoms with E-state index in [0.29, 0.717) is 22.2 Å². The van der Waals surface area contributed by atoms with Crippen LogP contribution in [0.25, 0.3) is 11.4 Å². The first-order valence-corrected chi connectivity index (χ1v) is 7.61. The Kier molecular flexibility index (Phi) is 4.46. The van der Waals surface area contributed by atoms with E-state index in [9.17, 15) is 4.39 Å². The van der Waals surface area contributed by atoms with E-state index in [1.54, 1.807) is 24.3 Å². The van der Waals surface area contributed by atoms with Gasteiger partial charge in [0.05, 0.1) is 10.7 Å². The van der Waals surface area contributed by atoms with E-state index in [0.717, 1.165) is 11.3 Å². The molecule has 6 heteroatoms. The Labute approximate surface area is 143 Å². The van der Waals surface area contributed by atoms with Gasteiger partial charge in [-0.2, -0.15) is 0 Å². The van der Waals surface area contributed by atoms with Crippen molar-refractivity contribution in [1.29, 1.82) is 0 Å². The summed E-state index contributed by atoms with van der Waals surface area (Å²) >= 11 is 12.3. The van der Waals surface area contributed by atoms with E-state index < -0.39 is 0 Å². The fourth-order valence-electron chi connectivity index (χ4n) is 2.13. The maximum Gasteiger partial charge on any atom is 0.163 e. The second kappa shape index (κ2) is 6.52. The van der Waals surface area contributed by atoms with Gasteiger partial charge in [-0.25, -0.2) is 14.4 Å². The molecule has 0 radical (unpaired) electrons. The van der Waals surface area contributed by atoms with Crippen LogP contribution in [0, 0.1) is 12.7 Å². The highest BCUT2D eigenvalue weighted by Gasteiger charge is 2.09. The van der Waals surface area contributed by atoms with Gasteiger partial charge in [-0.15, -0.1) is 0 Å². The predicted octanol–water partition coefficient (Wildman–Crippen LogP) is 5.64. The summed E-state index contributed by atoms with van der Waals surface area (Å²) in [6.45, 7) is 1.94. The lowest BCUT2D eigenvalue weighted by Crippen LogP contribution is -1.99. The Balaban J connectivity index is 1.99. The van der Waals surface area contributed by atoms with Crippen molar-refractivity contribution >= 4 is 34.7 Å². The number of rotatable bonds is 3. The van der Waals surface area contributed by atoms with Crippen molar-refractivity contribution in [3.05, 3.63) is 70.1 Å². The first-order valence-electron chi connectivity index (χ1n) is 6.85. The van der Waals surface area contributed by atoms with E-state index in [1.807, 2.05) is 19.1 Å². The third-order valence-electron chi connectivity index (χ3n) is 3.27. The summed E-state index contributed by atoms with van der Waals surface area (Å²) in [5.74, 6) is 0.603. The first kappa shape index (κ1) is 15.7. The number of hydrogen-bond acceptors (Lipinski definition) is 3. The van der Waals surface area contributed by atoms with Crippen LogP contribution >= 0.6 is 23.2 Å². The van der Waals surface area contributed by atoms with Crippen LogP contribution in [0.4, 0.5) is 15.9 Å². The number of benzene rings is 2. The van der Waals surface area contributed by atoms with E-state index in [-0.39, 0.29) is 11.0 Å². The molecule has 1 aromatic heterocycles. The van der Waals surface area contributed by atoms with Gasteiger partial charge in [0.1, 0.15) is 16.8 Å². The Bertz CT molecular complexity index is 831. The topological polar surface area (TPSA) is 37.8 Å². The number of hydrogen-bond donors (Lipinski definition) is 1. The van der Waals surface area contributed by atoms with Gasteiger partial charge in [0.15, 0.2) is 5.82 Å². The summed E-state index contributed by atoms with van der Waals surface area (Å²) in [6, 6.07) is 13.1. The summed E-state index contributed by atoms with van der Waals surface area (Å²) in [7, 11) is 0. The van der Waals surface area contributed by atoms with Crippen LogP contribution in [0.15, 0.2) is 48.5 Å². The molecule has 0 atom stereocenters. The van der Waals surface area contributed by atoms with Crippen LogP contribution in [0.2, 0.25) is 10.2 Å². The van der Waals surface area contributed by atoms with Crippen molar-refractivity contribution in [2.75, 3.05) is 5.32 Å². The SMILES string of the molecule is Cc1cccc(Cl)c1Nc1cc(Cl)nc(-c2ccc(F)cc2)n1. The molecule has 1 heterocycles. The van der Waals surface area contributed by atoms with Crippen molar-refractivity contribution in [3.63, 3.8) is 0 Å². The molecule has 2 aromatic carbocycles. The Hall–Kier alpha value is -2.17. The average Bonchev–Trinajstić information content (AvgIpc) is 2.51. The summed E-state index contributed by atoms with van der Waals surface area (Å²) in [4.78, 5) is 8.60. The molecule has 0 fully saturated rings. The maximum atomic E-state index is 13.0. The van der Waals surface area contributed by atoms with Crippen LogP contribution in [0.1, 0.15) is 5.56 Å². The summed E-state index contributed by atoms with van der Waals surface area (Å²) < 4.78 is 13.0. The highest BCUT2D eigenvalue weighted by Crippen LogP contribution is 2.29. The maximum absolute atomic E-state index is 13.0. The van der Waals surface area contributed by atoms with Crippen molar-refractivity contribution < 1.29 is 4.39 Å². The van der Waals surface area contributed by atoms with Crippen molar-refractivity contribution in [2.24, 2.45) is 0 Å². The standard InChI is InChI=1S/C17H12Cl2FN3/c1-10-3-2-4-13(18)16(10)22-15-9-14(19)21-17(23-15)11-5-7-12(20)8-6-11/h2-9H,1H3,(H,21,22,23). The van der Waals surface area contributed by atoms with Gasteiger partial charge in [0, 0.05) is 11.6 Å². The molecule has 3 aromatic rings. The molecular formula is C17H12Cl2FN3. The van der Waals surface area contributed by atoms with Gasteiger partial charge in [0.2, 0.25) is 0 Å². The molecule has 116 valence electrons. The fourth-order valence-corrected chi connectivity index (χ4v) is 2.58. The lowest BCUT2D eigenvalue weighted by Gasteiger charge is -2.12. The Morgan fingerprint density at radius 3 is 2.43 bits per heavy atom. The van der Waals surface area contributed by atoms with Gasteiger partial charge in [-0.3, -0.25) is 0 Å². The summed E-state index contributed by atoms with van der Waals surface area (Å²) in [5, 5.41) is 4.03. The van der Waals surface area contributed by atoms with Crippen molar-refractivity contribution in [2.45, 2.75) is 6.92 Å². The molecule has 0 bridgehead atoms. The molecule has 0 aliphatic heterocycles. The quantitative estimate of drug-likeness (QED) is 0.622. The van der Waals surface area contributed by atoms with Gasteiger partial charge >= 0.3 is 0 Å². The molecular weight excluding hydrogens is 336 g/mol. The molecule has 23 heavy (non-hydrogen) atoms. The number of aromatic nitrogens is 2. The Morgan fingerprint density at radius 1 is 1.00 bits per heavy atom. The number of nitrogens with zero attached hydrogens (tertiary/aromatic N) is 2. The minimum absolute atomic E-state index is 0.284. The van der Waals surface area contributed by atoms with Gasteiger partial charge in [-0.1, -0.05) is 35.3 Å². The number of nitrogens with one attached hydrogen (secondary N) is 1. The molecule has 0 saturated carbocycles. The normalized spacial score (nSPS) is 10.6. The highest BCUT2D eigenvalue weighted by atomic mass is 35.5. The van der Waals surface area contributed by atoms with Crippen LogP contribution in [-0.4, -0.2) is 9.97 Å². The van der Waals surface area contributed by atoms with Crippen molar-refractivity contribution in [3.8, 4) is 11.4 Å². The Morgan fingerprint density at radius 2 is 1.74 bits per heavy atom. The lowest BCUT2D eigenvalue weighted by molar-refractivity contribution is 0.628. The fraction of sp³-hybridized carbons (Fsp3) is 0.0588. The number of para-hydroxylation sites is 1. The molecule has 1 N–H and O–H groups in total. The van der Waals surface area contributed by atoms with Crippen LogP contribution in [0.5, 0.6) is 0 Å². The predicted molar refractivity (Wildman–Crippen MR) is 91.9 cm³/mol.